The summed E-state index contributed by atoms with van der Waals surface area (Å²) in [7, 11) is -3.71. The fraction of sp³-hybridized carbons (Fsp3) is 0.150. The topological polar surface area (TPSA) is 81.6 Å². The number of hydrogen-bond acceptors (Lipinski definition) is 5. The maximum Gasteiger partial charge on any atom is 0.417 e. The van der Waals surface area contributed by atoms with E-state index in [0.29, 0.717) is 5.65 Å². The first kappa shape index (κ1) is 20.7. The van der Waals surface area contributed by atoms with Gasteiger partial charge in [0.15, 0.2) is 14.9 Å². The minimum absolute atomic E-state index is 0.0368. The zero-order valence-corrected chi connectivity index (χ0v) is 17.9. The SMILES string of the molecule is CCS(=O)(=O)c1c(-c2cn3c(ccc4c(C(F)(F)F)cc(Cl)nc43)n2)nc2ccccn12. The summed E-state index contributed by atoms with van der Waals surface area (Å²) in [5.41, 5.74) is -0.0165. The second-order valence-corrected chi connectivity index (χ2v) is 9.59. The molecule has 5 aromatic rings. The van der Waals surface area contributed by atoms with Crippen molar-refractivity contribution in [3.63, 3.8) is 0 Å². The summed E-state index contributed by atoms with van der Waals surface area (Å²) in [6, 6.07) is 8.48. The van der Waals surface area contributed by atoms with Crippen molar-refractivity contribution in [1.29, 1.82) is 0 Å². The third-order valence-electron chi connectivity index (χ3n) is 5.08. The van der Waals surface area contributed by atoms with Crippen molar-refractivity contribution >= 4 is 43.8 Å². The maximum atomic E-state index is 13.5. The molecule has 5 heterocycles. The molecule has 0 saturated heterocycles. The summed E-state index contributed by atoms with van der Waals surface area (Å²) in [6.45, 7) is 1.52. The molecule has 0 fully saturated rings. The van der Waals surface area contributed by atoms with Crippen LogP contribution in [0.3, 0.4) is 0 Å². The fourth-order valence-electron chi connectivity index (χ4n) is 3.62. The van der Waals surface area contributed by atoms with Crippen LogP contribution >= 0.6 is 11.6 Å². The van der Waals surface area contributed by atoms with Crippen LogP contribution in [0.2, 0.25) is 5.15 Å². The number of sulfone groups is 1. The van der Waals surface area contributed by atoms with Gasteiger partial charge in [-0.15, -0.1) is 0 Å². The Morgan fingerprint density at radius 3 is 2.50 bits per heavy atom. The van der Waals surface area contributed by atoms with Crippen LogP contribution in [0.1, 0.15) is 12.5 Å². The highest BCUT2D eigenvalue weighted by Crippen LogP contribution is 2.37. The Hall–Kier alpha value is -3.18. The van der Waals surface area contributed by atoms with Crippen molar-refractivity contribution in [1.82, 2.24) is 23.8 Å². The molecule has 0 N–H and O–H groups in total. The lowest BCUT2D eigenvalue weighted by Gasteiger charge is -2.11. The lowest BCUT2D eigenvalue weighted by molar-refractivity contribution is -0.136. The summed E-state index contributed by atoms with van der Waals surface area (Å²) in [6.07, 6.45) is -1.64. The van der Waals surface area contributed by atoms with E-state index in [9.17, 15) is 21.6 Å². The molecule has 164 valence electrons. The third kappa shape index (κ3) is 3.11. The van der Waals surface area contributed by atoms with Gasteiger partial charge in [-0.1, -0.05) is 24.6 Å². The molecule has 0 aliphatic rings. The molecule has 0 atom stereocenters. The molecular weight excluding hydrogens is 467 g/mol. The van der Waals surface area contributed by atoms with Crippen LogP contribution < -0.4 is 0 Å². The Morgan fingerprint density at radius 1 is 1.03 bits per heavy atom. The van der Waals surface area contributed by atoms with Gasteiger partial charge in [0.1, 0.15) is 33.5 Å². The molecule has 5 aromatic heterocycles. The van der Waals surface area contributed by atoms with Crippen LogP contribution in [-0.2, 0) is 16.0 Å². The van der Waals surface area contributed by atoms with E-state index in [2.05, 4.69) is 15.0 Å². The monoisotopic (exact) mass is 479 g/mol. The van der Waals surface area contributed by atoms with Crippen molar-refractivity contribution in [2.24, 2.45) is 0 Å². The standard InChI is InChI=1S/C20H13ClF3N5O2S/c1-2-32(30,31)19-17(27-15-5-3-4-8-28(15)19)13-10-29-16(25-13)7-6-11-12(20(22,23)24)9-14(21)26-18(11)29/h3-10H,2H2,1H3. The largest absolute Gasteiger partial charge is 0.417 e. The van der Waals surface area contributed by atoms with Crippen molar-refractivity contribution < 1.29 is 21.6 Å². The molecule has 32 heavy (non-hydrogen) atoms. The van der Waals surface area contributed by atoms with Crippen molar-refractivity contribution in [2.45, 2.75) is 18.1 Å². The molecule has 5 rings (SSSR count). The first-order chi connectivity index (χ1) is 15.1. The van der Waals surface area contributed by atoms with Gasteiger partial charge in [0.05, 0.1) is 11.3 Å². The fourth-order valence-corrected chi connectivity index (χ4v) is 4.98. The third-order valence-corrected chi connectivity index (χ3v) is 7.01. The number of aromatic nitrogens is 5. The first-order valence-electron chi connectivity index (χ1n) is 9.36. The van der Waals surface area contributed by atoms with E-state index in [1.54, 1.807) is 24.4 Å². The van der Waals surface area contributed by atoms with Gasteiger partial charge in [-0.05, 0) is 30.3 Å². The molecule has 7 nitrogen and oxygen atoms in total. The molecule has 0 unspecified atom stereocenters. The molecule has 0 bridgehead atoms. The van der Waals surface area contributed by atoms with Gasteiger partial charge < -0.3 is 0 Å². The average Bonchev–Trinajstić information content (AvgIpc) is 3.34. The van der Waals surface area contributed by atoms with Gasteiger partial charge in [0, 0.05) is 17.8 Å². The molecule has 0 radical (unpaired) electrons. The quantitative estimate of drug-likeness (QED) is 0.351. The van der Waals surface area contributed by atoms with Crippen LogP contribution in [0, 0.1) is 0 Å². The van der Waals surface area contributed by atoms with E-state index in [-0.39, 0.29) is 44.0 Å². The van der Waals surface area contributed by atoms with Gasteiger partial charge in [-0.2, -0.15) is 13.2 Å². The highest BCUT2D eigenvalue weighted by molar-refractivity contribution is 7.91. The molecule has 0 aliphatic heterocycles. The first-order valence-corrected chi connectivity index (χ1v) is 11.4. The number of pyridine rings is 3. The number of alkyl halides is 3. The van der Waals surface area contributed by atoms with E-state index < -0.39 is 21.6 Å². The molecular formula is C20H13ClF3N5O2S. The summed E-state index contributed by atoms with van der Waals surface area (Å²) in [4.78, 5) is 12.9. The minimum atomic E-state index is -4.63. The number of fused-ring (bicyclic) bond motifs is 4. The predicted octanol–water partition coefficient (Wildman–Crippen LogP) is 4.66. The van der Waals surface area contributed by atoms with Crippen molar-refractivity contribution in [3.8, 4) is 11.4 Å². The zero-order chi connectivity index (χ0) is 22.8. The van der Waals surface area contributed by atoms with Gasteiger partial charge in [-0.3, -0.25) is 8.80 Å². The Balaban J connectivity index is 1.84. The Morgan fingerprint density at radius 2 is 1.78 bits per heavy atom. The molecule has 0 amide bonds. The average molecular weight is 480 g/mol. The van der Waals surface area contributed by atoms with Crippen LogP contribution in [0.5, 0.6) is 0 Å². The lowest BCUT2D eigenvalue weighted by Crippen LogP contribution is -2.08. The van der Waals surface area contributed by atoms with Crippen molar-refractivity contribution in [2.75, 3.05) is 5.75 Å². The Labute approximate surface area is 184 Å². The molecule has 12 heteroatoms. The van der Waals surface area contributed by atoms with Gasteiger partial charge in [0.2, 0.25) is 0 Å². The second kappa shape index (κ2) is 6.91. The minimum Gasteiger partial charge on any atom is -0.290 e. The molecule has 0 spiro atoms. The number of imidazole rings is 2. The number of hydrogen-bond donors (Lipinski definition) is 0. The molecule has 0 aromatic carbocycles. The van der Waals surface area contributed by atoms with Gasteiger partial charge >= 0.3 is 6.18 Å². The maximum absolute atomic E-state index is 13.5. The van der Waals surface area contributed by atoms with E-state index in [1.165, 1.54) is 34.1 Å². The molecule has 0 saturated carbocycles. The smallest absolute Gasteiger partial charge is 0.290 e. The predicted molar refractivity (Wildman–Crippen MR) is 112 cm³/mol. The highest BCUT2D eigenvalue weighted by Gasteiger charge is 2.34. The van der Waals surface area contributed by atoms with E-state index in [4.69, 9.17) is 11.6 Å². The Kier molecular flexibility index (Phi) is 4.47. The molecule has 0 aliphatic carbocycles. The van der Waals surface area contributed by atoms with Crippen LogP contribution in [0.25, 0.3) is 33.7 Å². The van der Waals surface area contributed by atoms with Crippen LogP contribution in [-0.4, -0.2) is 37.9 Å². The van der Waals surface area contributed by atoms with E-state index >= 15 is 0 Å². The Bertz CT molecular complexity index is 1640. The normalized spacial score (nSPS) is 12.9. The second-order valence-electron chi connectivity index (χ2n) is 7.01. The summed E-state index contributed by atoms with van der Waals surface area (Å²) in [5.74, 6) is -0.162. The van der Waals surface area contributed by atoms with E-state index in [0.717, 1.165) is 6.07 Å². The van der Waals surface area contributed by atoms with Crippen LogP contribution in [0.15, 0.2) is 53.8 Å². The number of rotatable bonds is 3. The number of nitrogens with zero attached hydrogens (tertiary/aromatic N) is 5. The zero-order valence-electron chi connectivity index (χ0n) is 16.3. The summed E-state index contributed by atoms with van der Waals surface area (Å²) < 4.78 is 69.0. The van der Waals surface area contributed by atoms with E-state index in [1.807, 2.05) is 0 Å². The lowest BCUT2D eigenvalue weighted by atomic mass is 10.1. The summed E-state index contributed by atoms with van der Waals surface area (Å²) in [5, 5.41) is -0.519. The van der Waals surface area contributed by atoms with Gasteiger partial charge in [0.25, 0.3) is 0 Å². The highest BCUT2D eigenvalue weighted by atomic mass is 35.5. The van der Waals surface area contributed by atoms with Gasteiger partial charge in [-0.25, -0.2) is 23.4 Å². The summed E-state index contributed by atoms with van der Waals surface area (Å²) >= 11 is 5.87. The number of halogens is 4. The van der Waals surface area contributed by atoms with Crippen LogP contribution in [0.4, 0.5) is 13.2 Å². The van der Waals surface area contributed by atoms with Crippen molar-refractivity contribution in [3.05, 3.63) is 59.5 Å².